The Morgan fingerprint density at radius 3 is 2.32 bits per heavy atom. The first-order valence-electron chi connectivity index (χ1n) is 11.0. The molecule has 0 unspecified atom stereocenters. The van der Waals surface area contributed by atoms with E-state index in [0.717, 1.165) is 11.1 Å². The van der Waals surface area contributed by atoms with E-state index in [1.165, 1.54) is 12.3 Å². The van der Waals surface area contributed by atoms with Gasteiger partial charge in [0.2, 0.25) is 0 Å². The Morgan fingerprint density at radius 1 is 1.12 bits per heavy atom. The fourth-order valence-electron chi connectivity index (χ4n) is 4.10. The number of aromatic nitrogens is 1. The van der Waals surface area contributed by atoms with Crippen LogP contribution in [0.3, 0.4) is 0 Å². The van der Waals surface area contributed by atoms with Crippen LogP contribution in [-0.4, -0.2) is 27.7 Å². The second-order valence-electron chi connectivity index (χ2n) is 9.55. The van der Waals surface area contributed by atoms with E-state index in [9.17, 15) is 19.3 Å². The number of nitrogens with one attached hydrogen (secondary N) is 1. The third kappa shape index (κ3) is 4.90. The molecule has 1 N–H and O–H groups in total. The van der Waals surface area contributed by atoms with E-state index in [4.69, 9.17) is 4.74 Å². The molecule has 0 saturated heterocycles. The van der Waals surface area contributed by atoms with E-state index < -0.39 is 28.3 Å². The Bertz CT molecular complexity index is 1200. The Kier molecular flexibility index (Phi) is 6.08. The van der Waals surface area contributed by atoms with Gasteiger partial charge in [-0.15, -0.1) is 0 Å². The van der Waals surface area contributed by atoms with Crippen LogP contribution in [0.25, 0.3) is 22.4 Å². The number of amides is 1. The molecule has 1 aromatic heterocycles. The number of carbonyl (C=O) groups is 1. The van der Waals surface area contributed by atoms with Crippen LogP contribution in [0.1, 0.15) is 39.2 Å². The van der Waals surface area contributed by atoms with Gasteiger partial charge in [-0.1, -0.05) is 54.6 Å². The second-order valence-corrected chi connectivity index (χ2v) is 9.55. The molecule has 1 aliphatic carbocycles. The first kappa shape index (κ1) is 23.4. The number of rotatable bonds is 5. The summed E-state index contributed by atoms with van der Waals surface area (Å²) in [6.07, 6.45) is -0.212. The lowest BCUT2D eigenvalue weighted by atomic mass is 9.73. The highest BCUT2D eigenvalue weighted by Crippen LogP contribution is 2.47. The number of nitro groups is 1. The van der Waals surface area contributed by atoms with E-state index in [1.54, 1.807) is 12.1 Å². The second kappa shape index (κ2) is 8.85. The highest BCUT2D eigenvalue weighted by Gasteiger charge is 2.50. The number of alkyl halides is 1. The molecule has 0 spiro atoms. The maximum Gasteiger partial charge on any atom is 0.408 e. The fourth-order valence-corrected chi connectivity index (χ4v) is 4.10. The maximum absolute atomic E-state index is 13.9. The smallest absolute Gasteiger partial charge is 0.408 e. The van der Waals surface area contributed by atoms with E-state index >= 15 is 0 Å². The van der Waals surface area contributed by atoms with Gasteiger partial charge in [-0.3, -0.25) is 10.1 Å². The average Bonchev–Trinajstić information content (AvgIpc) is 2.77. The molecule has 0 atom stereocenters. The monoisotopic (exact) mass is 463 g/mol. The lowest BCUT2D eigenvalue weighted by Crippen LogP contribution is -2.50. The summed E-state index contributed by atoms with van der Waals surface area (Å²) < 4.78 is 19.6. The molecular weight excluding hydrogens is 437 g/mol. The quantitative estimate of drug-likeness (QED) is 0.360. The molecule has 176 valence electrons. The zero-order chi connectivity index (χ0) is 24.5. The van der Waals surface area contributed by atoms with Gasteiger partial charge in [0.25, 0.3) is 5.69 Å². The van der Waals surface area contributed by atoms with E-state index in [1.807, 2.05) is 63.2 Å². The van der Waals surface area contributed by atoms with Gasteiger partial charge in [0.1, 0.15) is 18.0 Å². The predicted molar refractivity (Wildman–Crippen MR) is 127 cm³/mol. The summed E-state index contributed by atoms with van der Waals surface area (Å²) in [5.41, 5.74) is 1.84. The van der Waals surface area contributed by atoms with Crippen LogP contribution in [0.5, 0.6) is 0 Å². The number of carbonyl (C=O) groups excluding carboxylic acids is 1. The van der Waals surface area contributed by atoms with Gasteiger partial charge in [0.05, 0.1) is 10.6 Å². The molecule has 0 radical (unpaired) electrons. The molecule has 4 rings (SSSR count). The highest BCUT2D eigenvalue weighted by atomic mass is 19.1. The first-order valence-corrected chi connectivity index (χ1v) is 11.0. The number of ether oxygens (including phenoxy) is 1. The molecule has 1 heterocycles. The molecule has 2 aromatic carbocycles. The summed E-state index contributed by atoms with van der Waals surface area (Å²) in [7, 11) is 0. The minimum Gasteiger partial charge on any atom is -0.438 e. The van der Waals surface area contributed by atoms with Crippen LogP contribution < -0.4 is 5.32 Å². The van der Waals surface area contributed by atoms with Crippen LogP contribution >= 0.6 is 0 Å². The van der Waals surface area contributed by atoms with E-state index in [0.29, 0.717) is 16.8 Å². The van der Waals surface area contributed by atoms with Crippen molar-refractivity contribution in [2.24, 2.45) is 0 Å². The largest absolute Gasteiger partial charge is 0.438 e. The van der Waals surface area contributed by atoms with Crippen LogP contribution in [0.15, 0.2) is 66.9 Å². The summed E-state index contributed by atoms with van der Waals surface area (Å²) in [6, 6.07) is 18.0. The van der Waals surface area contributed by atoms with Crippen molar-refractivity contribution in [3.63, 3.8) is 0 Å². The number of benzene rings is 2. The Hall–Kier alpha value is -3.81. The van der Waals surface area contributed by atoms with Gasteiger partial charge in [0.15, 0.2) is 0 Å². The normalized spacial score (nSPS) is 19.7. The van der Waals surface area contributed by atoms with Gasteiger partial charge in [0, 0.05) is 35.6 Å². The summed E-state index contributed by atoms with van der Waals surface area (Å²) in [5.74, 6) is 0. The lowest BCUT2D eigenvalue weighted by molar-refractivity contribution is -0.385. The Morgan fingerprint density at radius 2 is 1.76 bits per heavy atom. The topological polar surface area (TPSA) is 94.4 Å². The standard InChI is InChI=1S/C26H26FN3O4/c1-25(2,3)29-24(31)34-26(14-20(27)15-26)19-11-9-18(10-12-19)23-22(17-7-5-4-6-8-17)13-21(16-28-23)30(32)33/h4-13,16,20H,14-15H2,1-3H3,(H,29,31). The van der Waals surface area contributed by atoms with Gasteiger partial charge < -0.3 is 10.1 Å². The minimum absolute atomic E-state index is 0.0922. The Labute approximate surface area is 197 Å². The number of pyridine rings is 1. The molecule has 8 heteroatoms. The van der Waals surface area contributed by atoms with Crippen molar-refractivity contribution in [3.05, 3.63) is 82.5 Å². The maximum atomic E-state index is 13.9. The SMILES string of the molecule is CC(C)(C)NC(=O)OC1(c2ccc(-c3ncc([N+](=O)[O-])cc3-c3ccccc3)cc2)CC(F)C1. The molecule has 7 nitrogen and oxygen atoms in total. The highest BCUT2D eigenvalue weighted by molar-refractivity contribution is 5.82. The van der Waals surface area contributed by atoms with E-state index in [-0.39, 0.29) is 18.5 Å². The molecule has 0 bridgehead atoms. The molecule has 1 amide bonds. The van der Waals surface area contributed by atoms with Gasteiger partial charge in [-0.05, 0) is 31.9 Å². The third-order valence-electron chi connectivity index (χ3n) is 5.72. The number of nitrogens with zero attached hydrogens (tertiary/aromatic N) is 2. The molecule has 1 aliphatic rings. The average molecular weight is 464 g/mol. The molecule has 1 saturated carbocycles. The number of hydrogen-bond acceptors (Lipinski definition) is 5. The number of halogens is 1. The summed E-state index contributed by atoms with van der Waals surface area (Å²) >= 11 is 0. The van der Waals surface area contributed by atoms with Gasteiger partial charge in [-0.2, -0.15) is 0 Å². The lowest BCUT2D eigenvalue weighted by Gasteiger charge is -2.44. The molecule has 34 heavy (non-hydrogen) atoms. The van der Waals surface area contributed by atoms with Crippen molar-refractivity contribution in [1.29, 1.82) is 0 Å². The summed E-state index contributed by atoms with van der Waals surface area (Å²) in [4.78, 5) is 27.6. The molecule has 0 aliphatic heterocycles. The third-order valence-corrected chi connectivity index (χ3v) is 5.72. The zero-order valence-corrected chi connectivity index (χ0v) is 19.2. The van der Waals surface area contributed by atoms with E-state index in [2.05, 4.69) is 10.3 Å². The summed E-state index contributed by atoms with van der Waals surface area (Å²) in [6.45, 7) is 5.53. The van der Waals surface area contributed by atoms with Crippen LogP contribution in [0, 0.1) is 10.1 Å². The van der Waals surface area contributed by atoms with Gasteiger partial charge in [-0.25, -0.2) is 14.2 Å². The van der Waals surface area contributed by atoms with Crippen molar-refractivity contribution in [3.8, 4) is 22.4 Å². The predicted octanol–water partition coefficient (Wildman–Crippen LogP) is 6.18. The molecule has 1 fully saturated rings. The summed E-state index contributed by atoms with van der Waals surface area (Å²) in [5, 5.41) is 14.1. The minimum atomic E-state index is -1.04. The molecular formula is C26H26FN3O4. The fraction of sp³-hybridized carbons (Fsp3) is 0.308. The van der Waals surface area contributed by atoms with Crippen molar-refractivity contribution in [2.75, 3.05) is 0 Å². The van der Waals surface area contributed by atoms with Crippen molar-refractivity contribution in [1.82, 2.24) is 10.3 Å². The number of hydrogen-bond donors (Lipinski definition) is 1. The van der Waals surface area contributed by atoms with Crippen molar-refractivity contribution < 1.29 is 18.8 Å². The molecule has 3 aromatic rings. The number of alkyl carbamates (subject to hydrolysis) is 1. The van der Waals surface area contributed by atoms with Crippen molar-refractivity contribution >= 4 is 11.8 Å². The van der Waals surface area contributed by atoms with Crippen LogP contribution in [0.2, 0.25) is 0 Å². The Balaban J connectivity index is 1.67. The van der Waals surface area contributed by atoms with Crippen LogP contribution in [0.4, 0.5) is 14.9 Å². The van der Waals surface area contributed by atoms with Gasteiger partial charge >= 0.3 is 6.09 Å². The van der Waals surface area contributed by atoms with Crippen LogP contribution in [-0.2, 0) is 10.3 Å². The first-order chi connectivity index (χ1) is 16.1. The zero-order valence-electron chi connectivity index (χ0n) is 19.2. The van der Waals surface area contributed by atoms with Crippen molar-refractivity contribution in [2.45, 2.75) is 50.9 Å².